The molecule has 0 bridgehead atoms. The van der Waals surface area contributed by atoms with Crippen LogP contribution in [0.2, 0.25) is 0 Å². The fourth-order valence-corrected chi connectivity index (χ4v) is 3.20. The van der Waals surface area contributed by atoms with Gasteiger partial charge in [0, 0.05) is 18.3 Å². The van der Waals surface area contributed by atoms with E-state index < -0.39 is 11.2 Å². The second kappa shape index (κ2) is 7.47. The van der Waals surface area contributed by atoms with Crippen molar-refractivity contribution in [3.8, 4) is 17.4 Å². The molecule has 0 amide bonds. The largest absolute Gasteiger partial charge is 0.497 e. The molecule has 26 heavy (non-hydrogen) atoms. The van der Waals surface area contributed by atoms with E-state index in [0.29, 0.717) is 17.2 Å². The number of hydrogen-bond acceptors (Lipinski definition) is 6. The van der Waals surface area contributed by atoms with E-state index in [0.717, 1.165) is 25.7 Å². The van der Waals surface area contributed by atoms with E-state index in [1.54, 1.807) is 18.2 Å². The number of aromatic nitrogens is 2. The van der Waals surface area contributed by atoms with Crippen LogP contribution in [0.3, 0.4) is 0 Å². The van der Waals surface area contributed by atoms with E-state index in [4.69, 9.17) is 9.47 Å². The topological polar surface area (TPSA) is 106 Å². The molecular weight excluding hydrogens is 338 g/mol. The molecule has 8 nitrogen and oxygen atoms in total. The minimum atomic E-state index is -0.688. The van der Waals surface area contributed by atoms with Gasteiger partial charge in [-0.15, -0.1) is 0 Å². The van der Waals surface area contributed by atoms with Crippen LogP contribution in [0, 0.1) is 0 Å². The molecule has 2 N–H and O–H groups in total. The second-order valence-electron chi connectivity index (χ2n) is 6.10. The van der Waals surface area contributed by atoms with Gasteiger partial charge in [0.2, 0.25) is 5.88 Å². The van der Waals surface area contributed by atoms with E-state index in [9.17, 15) is 14.7 Å². The zero-order valence-corrected chi connectivity index (χ0v) is 14.7. The van der Waals surface area contributed by atoms with Crippen LogP contribution in [0.15, 0.2) is 32.8 Å². The van der Waals surface area contributed by atoms with Crippen molar-refractivity contribution in [3.05, 3.63) is 44.6 Å². The van der Waals surface area contributed by atoms with E-state index >= 15 is 0 Å². The number of benzene rings is 1. The highest BCUT2D eigenvalue weighted by molar-refractivity contribution is 5.84. The van der Waals surface area contributed by atoms with E-state index in [1.165, 1.54) is 25.0 Å². The lowest BCUT2D eigenvalue weighted by atomic mass is 10.2. The van der Waals surface area contributed by atoms with Gasteiger partial charge in [0.05, 0.1) is 14.2 Å². The molecule has 1 heterocycles. The maximum absolute atomic E-state index is 12.2. The van der Waals surface area contributed by atoms with Crippen molar-refractivity contribution >= 4 is 11.9 Å². The number of aromatic amines is 1. The molecule has 1 aliphatic rings. The van der Waals surface area contributed by atoms with Crippen LogP contribution in [-0.2, 0) is 0 Å². The second-order valence-corrected chi connectivity index (χ2v) is 6.10. The predicted octanol–water partition coefficient (Wildman–Crippen LogP) is 2.13. The van der Waals surface area contributed by atoms with E-state index in [2.05, 4.69) is 9.98 Å². The molecular formula is C18H21N3O5. The lowest BCUT2D eigenvalue weighted by Crippen LogP contribution is -2.33. The molecule has 1 aliphatic carbocycles. The van der Waals surface area contributed by atoms with Gasteiger partial charge in [0.15, 0.2) is 0 Å². The minimum Gasteiger partial charge on any atom is -0.497 e. The molecule has 0 unspecified atom stereocenters. The van der Waals surface area contributed by atoms with Gasteiger partial charge in [0.1, 0.15) is 22.7 Å². The molecule has 0 saturated heterocycles. The summed E-state index contributed by atoms with van der Waals surface area (Å²) in [6, 6.07) is 4.95. The molecule has 0 spiro atoms. The lowest BCUT2D eigenvalue weighted by molar-refractivity contribution is 0.362. The zero-order chi connectivity index (χ0) is 18.7. The lowest BCUT2D eigenvalue weighted by Gasteiger charge is -2.15. The number of methoxy groups -OCH3 is 2. The van der Waals surface area contributed by atoms with Gasteiger partial charge in [-0.05, 0) is 25.0 Å². The summed E-state index contributed by atoms with van der Waals surface area (Å²) < 4.78 is 11.7. The normalized spacial score (nSPS) is 14.8. The molecule has 2 aromatic rings. The average Bonchev–Trinajstić information content (AvgIpc) is 3.15. The summed E-state index contributed by atoms with van der Waals surface area (Å²) in [6.07, 6.45) is 4.79. The van der Waals surface area contributed by atoms with Gasteiger partial charge in [0.25, 0.3) is 5.56 Å². The van der Waals surface area contributed by atoms with Crippen LogP contribution < -0.4 is 20.7 Å². The van der Waals surface area contributed by atoms with Gasteiger partial charge in [-0.1, -0.05) is 12.8 Å². The van der Waals surface area contributed by atoms with Crippen LogP contribution in [0.1, 0.15) is 37.3 Å². The van der Waals surface area contributed by atoms with Crippen LogP contribution in [0.4, 0.5) is 5.69 Å². The van der Waals surface area contributed by atoms with Crippen molar-refractivity contribution in [1.82, 2.24) is 9.55 Å². The fourth-order valence-electron chi connectivity index (χ4n) is 3.20. The monoisotopic (exact) mass is 359 g/mol. The molecule has 0 radical (unpaired) electrons. The summed E-state index contributed by atoms with van der Waals surface area (Å²) in [4.78, 5) is 30.8. The van der Waals surface area contributed by atoms with Crippen LogP contribution >= 0.6 is 0 Å². The zero-order valence-electron chi connectivity index (χ0n) is 14.7. The third kappa shape index (κ3) is 3.35. The van der Waals surface area contributed by atoms with Crippen LogP contribution in [0.5, 0.6) is 17.4 Å². The number of rotatable bonds is 5. The third-order valence-electron chi connectivity index (χ3n) is 4.56. The Morgan fingerprint density at radius 1 is 1.23 bits per heavy atom. The Labute approximate surface area is 149 Å². The number of aromatic hydroxyl groups is 1. The van der Waals surface area contributed by atoms with E-state index in [-0.39, 0.29) is 17.5 Å². The van der Waals surface area contributed by atoms with Crippen molar-refractivity contribution in [2.75, 3.05) is 14.2 Å². The Kier molecular flexibility index (Phi) is 5.11. The van der Waals surface area contributed by atoms with Crippen molar-refractivity contribution in [1.29, 1.82) is 0 Å². The molecule has 3 rings (SSSR count). The van der Waals surface area contributed by atoms with Crippen LogP contribution in [0.25, 0.3) is 0 Å². The highest BCUT2D eigenvalue weighted by Gasteiger charge is 2.23. The van der Waals surface area contributed by atoms with Crippen molar-refractivity contribution in [2.45, 2.75) is 31.7 Å². The Balaban J connectivity index is 2.05. The third-order valence-corrected chi connectivity index (χ3v) is 4.56. The molecule has 0 atom stereocenters. The number of hydrogen-bond donors (Lipinski definition) is 2. The van der Waals surface area contributed by atoms with Crippen LogP contribution in [-0.4, -0.2) is 35.1 Å². The Morgan fingerprint density at radius 2 is 1.96 bits per heavy atom. The number of nitrogens with zero attached hydrogens (tertiary/aromatic N) is 2. The summed E-state index contributed by atoms with van der Waals surface area (Å²) in [5, 5.41) is 10.5. The maximum Gasteiger partial charge on any atom is 0.331 e. The average molecular weight is 359 g/mol. The van der Waals surface area contributed by atoms with Crippen molar-refractivity contribution in [3.63, 3.8) is 0 Å². The maximum atomic E-state index is 12.2. The standard InChI is InChI=1S/C18H21N3O5/c1-25-12-7-8-15(26-2)14(9-12)19-10-13-16(22)20-18(24)21(17(13)23)11-5-3-4-6-11/h7-11,23H,3-6H2,1-2H3,(H,20,22,24). The van der Waals surface area contributed by atoms with Crippen molar-refractivity contribution < 1.29 is 14.6 Å². The SMILES string of the molecule is COc1ccc(OC)c(N=Cc2c(O)n(C3CCCC3)c(=O)[nH]c2=O)c1. The van der Waals surface area contributed by atoms with Gasteiger partial charge in [-0.25, -0.2) is 4.79 Å². The summed E-state index contributed by atoms with van der Waals surface area (Å²) in [7, 11) is 3.04. The summed E-state index contributed by atoms with van der Waals surface area (Å²) in [6.45, 7) is 0. The number of aliphatic imine (C=N–C) groups is 1. The first kappa shape index (κ1) is 17.8. The number of H-pyrrole nitrogens is 1. The fraction of sp³-hybridized carbons (Fsp3) is 0.389. The highest BCUT2D eigenvalue weighted by atomic mass is 16.5. The Morgan fingerprint density at radius 3 is 2.62 bits per heavy atom. The van der Waals surface area contributed by atoms with Crippen molar-refractivity contribution in [2.24, 2.45) is 4.99 Å². The van der Waals surface area contributed by atoms with Gasteiger partial charge >= 0.3 is 5.69 Å². The number of ether oxygens (including phenoxy) is 2. The Hall–Kier alpha value is -3.03. The highest BCUT2D eigenvalue weighted by Crippen LogP contribution is 2.33. The van der Waals surface area contributed by atoms with Gasteiger partial charge in [-0.3, -0.25) is 19.3 Å². The predicted molar refractivity (Wildman–Crippen MR) is 97.3 cm³/mol. The molecule has 1 aromatic carbocycles. The molecule has 8 heteroatoms. The Bertz CT molecular complexity index is 939. The number of nitrogens with one attached hydrogen (secondary N) is 1. The summed E-state index contributed by atoms with van der Waals surface area (Å²) in [5.41, 5.74) is -0.923. The van der Waals surface area contributed by atoms with Gasteiger partial charge in [-0.2, -0.15) is 0 Å². The smallest absolute Gasteiger partial charge is 0.331 e. The molecule has 1 aromatic heterocycles. The summed E-state index contributed by atoms with van der Waals surface area (Å²) >= 11 is 0. The molecule has 1 fully saturated rings. The summed E-state index contributed by atoms with van der Waals surface area (Å²) in [5.74, 6) is 0.699. The molecule has 1 saturated carbocycles. The first-order valence-corrected chi connectivity index (χ1v) is 8.39. The van der Waals surface area contributed by atoms with Gasteiger partial charge < -0.3 is 14.6 Å². The quantitative estimate of drug-likeness (QED) is 0.796. The molecule has 138 valence electrons. The minimum absolute atomic E-state index is 0.0682. The molecule has 0 aliphatic heterocycles. The first-order chi connectivity index (χ1) is 12.5. The van der Waals surface area contributed by atoms with E-state index in [1.807, 2.05) is 0 Å². The first-order valence-electron chi connectivity index (χ1n) is 8.39.